The van der Waals surface area contributed by atoms with Gasteiger partial charge in [0, 0.05) is 12.2 Å². The molecule has 0 amide bonds. The van der Waals surface area contributed by atoms with Crippen LogP contribution in [-0.2, 0) is 0 Å². The number of nitrogens with one attached hydrogen (secondary N) is 1. The van der Waals surface area contributed by atoms with Crippen molar-refractivity contribution in [1.29, 1.82) is 0 Å². The molecular weight excluding hydrogens is 212 g/mol. The van der Waals surface area contributed by atoms with E-state index in [2.05, 4.69) is 30.7 Å². The fraction of sp³-hybridized carbons (Fsp3) is 0.643. The molecule has 0 saturated heterocycles. The van der Waals surface area contributed by atoms with Crippen LogP contribution in [0.3, 0.4) is 0 Å². The Morgan fingerprint density at radius 2 is 2.24 bits per heavy atom. The number of hydrogen-bond donors (Lipinski definition) is 1. The third-order valence-corrected chi connectivity index (χ3v) is 3.26. The third kappa shape index (κ3) is 4.35. The van der Waals surface area contributed by atoms with Gasteiger partial charge in [0.1, 0.15) is 0 Å². The van der Waals surface area contributed by atoms with Gasteiger partial charge < -0.3 is 4.98 Å². The minimum atomic E-state index is 0.186. The summed E-state index contributed by atoms with van der Waals surface area (Å²) < 4.78 is 0. The van der Waals surface area contributed by atoms with E-state index in [0.717, 1.165) is 25.1 Å². The van der Waals surface area contributed by atoms with Crippen LogP contribution in [0, 0.1) is 0 Å². The summed E-state index contributed by atoms with van der Waals surface area (Å²) in [4.78, 5) is 17.3. The van der Waals surface area contributed by atoms with Crippen molar-refractivity contribution < 1.29 is 4.79 Å². The first-order valence-electron chi connectivity index (χ1n) is 6.59. The fourth-order valence-electron chi connectivity index (χ4n) is 1.85. The minimum Gasteiger partial charge on any atom is -0.359 e. The van der Waals surface area contributed by atoms with Gasteiger partial charge in [0.25, 0.3) is 0 Å². The second-order valence-electron chi connectivity index (χ2n) is 4.59. The number of unbranched alkanes of at least 4 members (excludes halogenated alkanes) is 1. The molecule has 3 nitrogen and oxygen atoms in total. The number of carbonyl (C=O) groups is 1. The first-order chi connectivity index (χ1) is 8.19. The molecule has 0 spiro atoms. The summed E-state index contributed by atoms with van der Waals surface area (Å²) in [6, 6.07) is 4.18. The first-order valence-corrected chi connectivity index (χ1v) is 6.59. The maximum atomic E-state index is 12.0. The van der Waals surface area contributed by atoms with Gasteiger partial charge in [-0.1, -0.05) is 20.3 Å². The largest absolute Gasteiger partial charge is 0.359 e. The van der Waals surface area contributed by atoms with Crippen molar-refractivity contribution in [2.75, 3.05) is 13.1 Å². The first kappa shape index (κ1) is 14.0. The van der Waals surface area contributed by atoms with Gasteiger partial charge in [0.2, 0.25) is 0 Å². The Bertz CT molecular complexity index is 319. The lowest BCUT2D eigenvalue weighted by molar-refractivity contribution is 0.0890. The molecular formula is C14H24N2O. The summed E-state index contributed by atoms with van der Waals surface area (Å²) >= 11 is 0. The number of aromatic nitrogens is 1. The highest BCUT2D eigenvalue weighted by atomic mass is 16.1. The minimum absolute atomic E-state index is 0.186. The normalized spacial score (nSPS) is 12.9. The zero-order valence-electron chi connectivity index (χ0n) is 11.2. The average Bonchev–Trinajstić information content (AvgIpc) is 2.87. The van der Waals surface area contributed by atoms with Gasteiger partial charge in [-0.15, -0.1) is 0 Å². The van der Waals surface area contributed by atoms with Crippen molar-refractivity contribution >= 4 is 5.78 Å². The Kier molecular flexibility index (Phi) is 5.98. The second kappa shape index (κ2) is 7.28. The van der Waals surface area contributed by atoms with E-state index < -0.39 is 0 Å². The number of ketones is 1. The molecule has 0 fully saturated rings. The van der Waals surface area contributed by atoms with E-state index in [1.807, 2.05) is 12.1 Å². The summed E-state index contributed by atoms with van der Waals surface area (Å²) in [5.74, 6) is 0.186. The molecule has 1 unspecified atom stereocenters. The number of rotatable bonds is 8. The van der Waals surface area contributed by atoms with Gasteiger partial charge in [0.15, 0.2) is 5.78 Å². The predicted octanol–water partition coefficient (Wildman–Crippen LogP) is 3.10. The molecule has 1 aromatic heterocycles. The lowest BCUT2D eigenvalue weighted by Gasteiger charge is -2.27. The van der Waals surface area contributed by atoms with Crippen molar-refractivity contribution in [2.24, 2.45) is 0 Å². The summed E-state index contributed by atoms with van der Waals surface area (Å²) in [5, 5.41) is 0. The molecule has 0 saturated carbocycles. The molecule has 0 radical (unpaired) electrons. The summed E-state index contributed by atoms with van der Waals surface area (Å²) in [6.45, 7) is 8.08. The van der Waals surface area contributed by atoms with Crippen LogP contribution in [0.1, 0.15) is 50.5 Å². The van der Waals surface area contributed by atoms with Crippen LogP contribution >= 0.6 is 0 Å². The van der Waals surface area contributed by atoms with Crippen LogP contribution in [0.15, 0.2) is 18.3 Å². The molecule has 0 aliphatic carbocycles. The highest BCUT2D eigenvalue weighted by molar-refractivity contribution is 5.95. The van der Waals surface area contributed by atoms with Gasteiger partial charge in [-0.05, 0) is 38.4 Å². The van der Waals surface area contributed by atoms with E-state index in [4.69, 9.17) is 0 Å². The Labute approximate surface area is 104 Å². The van der Waals surface area contributed by atoms with Crippen LogP contribution in [0.2, 0.25) is 0 Å². The molecule has 1 aromatic rings. The summed E-state index contributed by atoms with van der Waals surface area (Å²) in [5.41, 5.74) is 0.717. The van der Waals surface area contributed by atoms with Crippen molar-refractivity contribution in [3.8, 4) is 0 Å². The van der Waals surface area contributed by atoms with Gasteiger partial charge in [0.05, 0.1) is 12.2 Å². The Morgan fingerprint density at radius 1 is 1.47 bits per heavy atom. The molecule has 0 aliphatic rings. The molecule has 96 valence electrons. The summed E-state index contributed by atoms with van der Waals surface area (Å²) in [7, 11) is 0. The SMILES string of the molecule is CCCCN(CC(=O)c1ccc[nH]1)C(C)CC. The van der Waals surface area contributed by atoms with Crippen molar-refractivity contribution in [3.63, 3.8) is 0 Å². The zero-order chi connectivity index (χ0) is 12.7. The zero-order valence-corrected chi connectivity index (χ0v) is 11.2. The third-order valence-electron chi connectivity index (χ3n) is 3.26. The van der Waals surface area contributed by atoms with Gasteiger partial charge in [-0.3, -0.25) is 9.69 Å². The lowest BCUT2D eigenvalue weighted by Crippen LogP contribution is -2.37. The summed E-state index contributed by atoms with van der Waals surface area (Å²) in [6.07, 6.45) is 5.21. The van der Waals surface area contributed by atoms with Crippen molar-refractivity contribution in [1.82, 2.24) is 9.88 Å². The van der Waals surface area contributed by atoms with Crippen LogP contribution in [0.25, 0.3) is 0 Å². The molecule has 1 heterocycles. The standard InChI is InChI=1S/C14H24N2O/c1-4-6-10-16(12(3)5-2)11-14(17)13-8-7-9-15-13/h7-9,12,15H,4-6,10-11H2,1-3H3. The number of hydrogen-bond acceptors (Lipinski definition) is 2. The Balaban J connectivity index is 2.56. The Morgan fingerprint density at radius 3 is 2.76 bits per heavy atom. The van der Waals surface area contributed by atoms with E-state index in [1.165, 1.54) is 6.42 Å². The fourth-order valence-corrected chi connectivity index (χ4v) is 1.85. The second-order valence-corrected chi connectivity index (χ2v) is 4.59. The lowest BCUT2D eigenvalue weighted by atomic mass is 10.1. The molecule has 1 atom stereocenters. The van der Waals surface area contributed by atoms with Gasteiger partial charge in [-0.2, -0.15) is 0 Å². The molecule has 1 N–H and O–H groups in total. The van der Waals surface area contributed by atoms with E-state index in [0.29, 0.717) is 12.6 Å². The number of carbonyl (C=O) groups excluding carboxylic acids is 1. The molecule has 17 heavy (non-hydrogen) atoms. The quantitative estimate of drug-likeness (QED) is 0.704. The van der Waals surface area contributed by atoms with E-state index >= 15 is 0 Å². The predicted molar refractivity (Wildman–Crippen MR) is 71.4 cm³/mol. The Hall–Kier alpha value is -1.09. The van der Waals surface area contributed by atoms with Crippen LogP contribution < -0.4 is 0 Å². The molecule has 0 aromatic carbocycles. The topological polar surface area (TPSA) is 36.1 Å². The van der Waals surface area contributed by atoms with Crippen molar-refractivity contribution in [3.05, 3.63) is 24.0 Å². The highest BCUT2D eigenvalue weighted by Crippen LogP contribution is 2.08. The smallest absolute Gasteiger partial charge is 0.192 e. The van der Waals surface area contributed by atoms with Crippen LogP contribution in [-0.4, -0.2) is 34.8 Å². The number of Topliss-reactive ketones (excluding diaryl/α,β-unsaturated/α-hetero) is 1. The monoisotopic (exact) mass is 236 g/mol. The molecule has 0 aliphatic heterocycles. The number of H-pyrrole nitrogens is 1. The average molecular weight is 236 g/mol. The van der Waals surface area contributed by atoms with Crippen LogP contribution in [0.5, 0.6) is 0 Å². The van der Waals surface area contributed by atoms with Gasteiger partial charge >= 0.3 is 0 Å². The molecule has 3 heteroatoms. The maximum Gasteiger partial charge on any atom is 0.192 e. The van der Waals surface area contributed by atoms with E-state index in [1.54, 1.807) is 6.20 Å². The highest BCUT2D eigenvalue weighted by Gasteiger charge is 2.16. The van der Waals surface area contributed by atoms with E-state index in [9.17, 15) is 4.79 Å². The number of aromatic amines is 1. The van der Waals surface area contributed by atoms with Gasteiger partial charge in [-0.25, -0.2) is 0 Å². The maximum absolute atomic E-state index is 12.0. The molecule has 1 rings (SSSR count). The number of nitrogens with zero attached hydrogens (tertiary/aromatic N) is 1. The van der Waals surface area contributed by atoms with Crippen LogP contribution in [0.4, 0.5) is 0 Å². The molecule has 0 bridgehead atoms. The van der Waals surface area contributed by atoms with Crippen molar-refractivity contribution in [2.45, 2.75) is 46.1 Å². The van der Waals surface area contributed by atoms with E-state index in [-0.39, 0.29) is 5.78 Å².